The largest absolute Gasteiger partial charge is 0.344 e. The Balaban J connectivity index is 1.75. The van der Waals surface area contributed by atoms with Crippen LogP contribution in [0.4, 0.5) is 4.39 Å². The van der Waals surface area contributed by atoms with Crippen molar-refractivity contribution in [3.05, 3.63) is 59.2 Å². The molecule has 1 aliphatic heterocycles. The Labute approximate surface area is 132 Å². The molecule has 1 aromatic carbocycles. The normalized spacial score (nSPS) is 17.0. The molecule has 3 heteroatoms. The van der Waals surface area contributed by atoms with Gasteiger partial charge in [-0.15, -0.1) is 0 Å². The van der Waals surface area contributed by atoms with Crippen LogP contribution >= 0.6 is 0 Å². The van der Waals surface area contributed by atoms with Gasteiger partial charge in [-0.3, -0.25) is 0 Å². The molecule has 22 heavy (non-hydrogen) atoms. The van der Waals surface area contributed by atoms with Crippen LogP contribution in [0.2, 0.25) is 0 Å². The van der Waals surface area contributed by atoms with Crippen molar-refractivity contribution in [3.8, 4) is 0 Å². The van der Waals surface area contributed by atoms with Gasteiger partial charge in [0.15, 0.2) is 0 Å². The second-order valence-corrected chi connectivity index (χ2v) is 6.59. The van der Waals surface area contributed by atoms with Gasteiger partial charge in [-0.25, -0.2) is 4.39 Å². The minimum Gasteiger partial charge on any atom is -0.344 e. The van der Waals surface area contributed by atoms with E-state index in [2.05, 4.69) is 35.6 Å². The van der Waals surface area contributed by atoms with Crippen LogP contribution in [0.15, 0.2) is 36.4 Å². The highest BCUT2D eigenvalue weighted by Gasteiger charge is 2.19. The molecule has 1 saturated heterocycles. The fraction of sp³-hybridized carbons (Fsp3) is 0.474. The second-order valence-electron chi connectivity index (χ2n) is 6.59. The van der Waals surface area contributed by atoms with Crippen LogP contribution in [0.3, 0.4) is 0 Å². The van der Waals surface area contributed by atoms with Gasteiger partial charge in [0.25, 0.3) is 0 Å². The number of rotatable bonds is 4. The predicted molar refractivity (Wildman–Crippen MR) is 88.6 cm³/mol. The van der Waals surface area contributed by atoms with E-state index in [0.29, 0.717) is 6.54 Å². The summed E-state index contributed by atoms with van der Waals surface area (Å²) < 4.78 is 16.2. The average molecular weight is 300 g/mol. The molecule has 0 saturated carbocycles. The summed E-state index contributed by atoms with van der Waals surface area (Å²) in [5, 5.41) is 0. The molecule has 0 radical (unpaired) electrons. The van der Waals surface area contributed by atoms with Crippen LogP contribution in [0.5, 0.6) is 0 Å². The van der Waals surface area contributed by atoms with Gasteiger partial charge in [0.1, 0.15) is 5.82 Å². The maximum Gasteiger partial charge on any atom is 0.128 e. The SMILES string of the molecule is Cc1ccc(CC2CCN(C)CC2)n1Cc1ccccc1F. The van der Waals surface area contributed by atoms with Crippen molar-refractivity contribution in [1.29, 1.82) is 0 Å². The Morgan fingerprint density at radius 3 is 2.55 bits per heavy atom. The molecule has 1 aromatic heterocycles. The highest BCUT2D eigenvalue weighted by atomic mass is 19.1. The van der Waals surface area contributed by atoms with Crippen molar-refractivity contribution in [3.63, 3.8) is 0 Å². The van der Waals surface area contributed by atoms with Crippen molar-refractivity contribution in [1.82, 2.24) is 9.47 Å². The zero-order chi connectivity index (χ0) is 15.5. The predicted octanol–water partition coefficient (Wildman–Crippen LogP) is 3.87. The highest BCUT2D eigenvalue weighted by Crippen LogP contribution is 2.23. The number of halogens is 1. The number of nitrogens with zero attached hydrogens (tertiary/aromatic N) is 2. The van der Waals surface area contributed by atoms with Crippen molar-refractivity contribution >= 4 is 0 Å². The van der Waals surface area contributed by atoms with Crippen LogP contribution in [0.25, 0.3) is 0 Å². The molecule has 2 aromatic rings. The summed E-state index contributed by atoms with van der Waals surface area (Å²) in [5.41, 5.74) is 3.33. The molecule has 0 aliphatic carbocycles. The molecule has 0 N–H and O–H groups in total. The summed E-state index contributed by atoms with van der Waals surface area (Å²) in [4.78, 5) is 2.40. The zero-order valence-corrected chi connectivity index (χ0v) is 13.6. The van der Waals surface area contributed by atoms with Gasteiger partial charge in [0, 0.05) is 17.0 Å². The molecular weight excluding hydrogens is 275 g/mol. The smallest absolute Gasteiger partial charge is 0.128 e. The van der Waals surface area contributed by atoms with E-state index < -0.39 is 0 Å². The van der Waals surface area contributed by atoms with Crippen molar-refractivity contribution in [2.75, 3.05) is 20.1 Å². The summed E-state index contributed by atoms with van der Waals surface area (Å²) in [5.74, 6) is 0.644. The number of hydrogen-bond donors (Lipinski definition) is 0. The number of aryl methyl sites for hydroxylation is 1. The Bertz CT molecular complexity index is 624. The Morgan fingerprint density at radius 2 is 1.82 bits per heavy atom. The Hall–Kier alpha value is -1.61. The molecule has 0 atom stereocenters. The fourth-order valence-electron chi connectivity index (χ4n) is 3.39. The molecule has 0 amide bonds. The molecule has 0 unspecified atom stereocenters. The van der Waals surface area contributed by atoms with Crippen LogP contribution in [-0.2, 0) is 13.0 Å². The van der Waals surface area contributed by atoms with Crippen molar-refractivity contribution < 1.29 is 4.39 Å². The molecule has 3 rings (SSSR count). The van der Waals surface area contributed by atoms with Crippen LogP contribution < -0.4 is 0 Å². The third-order valence-electron chi connectivity index (χ3n) is 4.91. The fourth-order valence-corrected chi connectivity index (χ4v) is 3.39. The number of benzene rings is 1. The van der Waals surface area contributed by atoms with E-state index >= 15 is 0 Å². The van der Waals surface area contributed by atoms with Gasteiger partial charge < -0.3 is 9.47 Å². The van der Waals surface area contributed by atoms with E-state index in [1.807, 2.05) is 12.1 Å². The van der Waals surface area contributed by atoms with Gasteiger partial charge >= 0.3 is 0 Å². The molecule has 2 heterocycles. The molecule has 1 aliphatic rings. The van der Waals surface area contributed by atoms with Crippen LogP contribution in [0, 0.1) is 18.7 Å². The summed E-state index contributed by atoms with van der Waals surface area (Å²) in [6.45, 7) is 5.13. The maximum atomic E-state index is 13.9. The number of aromatic nitrogens is 1. The number of piperidine rings is 1. The molecule has 118 valence electrons. The molecule has 1 fully saturated rings. The van der Waals surface area contributed by atoms with Crippen LogP contribution in [0.1, 0.15) is 29.8 Å². The quantitative estimate of drug-likeness (QED) is 0.832. The highest BCUT2D eigenvalue weighted by molar-refractivity contribution is 5.22. The van der Waals surface area contributed by atoms with E-state index in [1.54, 1.807) is 12.1 Å². The van der Waals surface area contributed by atoms with E-state index in [0.717, 1.165) is 17.9 Å². The van der Waals surface area contributed by atoms with Crippen LogP contribution in [-0.4, -0.2) is 29.6 Å². The summed E-state index contributed by atoms with van der Waals surface area (Å²) in [7, 11) is 2.20. The summed E-state index contributed by atoms with van der Waals surface area (Å²) in [6.07, 6.45) is 3.64. The minimum atomic E-state index is -0.110. The first-order chi connectivity index (χ1) is 10.6. The lowest BCUT2D eigenvalue weighted by molar-refractivity contribution is 0.217. The van der Waals surface area contributed by atoms with Crippen molar-refractivity contribution in [2.45, 2.75) is 32.7 Å². The standard InChI is InChI=1S/C19H25FN2/c1-15-7-8-18(13-16-9-11-21(2)12-10-16)22(15)14-17-5-3-4-6-19(17)20/h3-8,16H,9-14H2,1-2H3. The zero-order valence-electron chi connectivity index (χ0n) is 13.6. The van der Waals surface area contributed by atoms with Gasteiger partial charge in [-0.05, 0) is 70.4 Å². The molecule has 0 bridgehead atoms. The van der Waals surface area contributed by atoms with E-state index in [-0.39, 0.29) is 5.82 Å². The van der Waals surface area contributed by atoms with Gasteiger partial charge in [-0.2, -0.15) is 0 Å². The lowest BCUT2D eigenvalue weighted by Crippen LogP contribution is -2.31. The summed E-state index contributed by atoms with van der Waals surface area (Å²) in [6, 6.07) is 11.5. The summed E-state index contributed by atoms with van der Waals surface area (Å²) >= 11 is 0. The lowest BCUT2D eigenvalue weighted by Gasteiger charge is -2.29. The maximum absolute atomic E-state index is 13.9. The number of hydrogen-bond acceptors (Lipinski definition) is 1. The first-order valence-corrected chi connectivity index (χ1v) is 8.20. The van der Waals surface area contributed by atoms with Crippen molar-refractivity contribution in [2.24, 2.45) is 5.92 Å². The first-order valence-electron chi connectivity index (χ1n) is 8.20. The number of likely N-dealkylation sites (tertiary alicyclic amines) is 1. The van der Waals surface area contributed by atoms with Gasteiger partial charge in [0.05, 0.1) is 6.54 Å². The topological polar surface area (TPSA) is 8.17 Å². The van der Waals surface area contributed by atoms with Gasteiger partial charge in [0.2, 0.25) is 0 Å². The first kappa shape index (κ1) is 15.3. The van der Waals surface area contributed by atoms with E-state index in [1.165, 1.54) is 37.3 Å². The molecule has 2 nitrogen and oxygen atoms in total. The van der Waals surface area contributed by atoms with Gasteiger partial charge in [-0.1, -0.05) is 18.2 Å². The third kappa shape index (κ3) is 3.41. The third-order valence-corrected chi connectivity index (χ3v) is 4.91. The Morgan fingerprint density at radius 1 is 1.09 bits per heavy atom. The lowest BCUT2D eigenvalue weighted by atomic mass is 9.92. The monoisotopic (exact) mass is 300 g/mol. The van der Waals surface area contributed by atoms with E-state index in [4.69, 9.17) is 0 Å². The molecule has 0 spiro atoms. The second kappa shape index (κ2) is 6.66. The Kier molecular flexibility index (Phi) is 4.63. The average Bonchev–Trinajstić information content (AvgIpc) is 2.85. The van der Waals surface area contributed by atoms with E-state index in [9.17, 15) is 4.39 Å². The minimum absolute atomic E-state index is 0.110. The molecular formula is C19H25FN2.